The molecular formula is C8H7Br2NO. The van der Waals surface area contributed by atoms with Crippen LogP contribution >= 0.6 is 32.9 Å². The number of nitrogens with zero attached hydrogens (tertiary/aromatic N) is 1. The molecule has 1 aliphatic carbocycles. The molecule has 0 fully saturated rings. The first-order valence-electron chi connectivity index (χ1n) is 3.41. The molecule has 2 nitrogen and oxygen atoms in total. The quantitative estimate of drug-likeness (QED) is 0.686. The summed E-state index contributed by atoms with van der Waals surface area (Å²) in [5, 5.41) is 0. The van der Waals surface area contributed by atoms with Gasteiger partial charge in [0.15, 0.2) is 5.78 Å². The van der Waals surface area contributed by atoms with Gasteiger partial charge in [0.25, 0.3) is 0 Å². The summed E-state index contributed by atoms with van der Waals surface area (Å²) in [6.45, 7) is 0. The van der Waals surface area contributed by atoms with Gasteiger partial charge in [-0.05, 0) is 18.1 Å². The Kier molecular flexibility index (Phi) is 3.01. The van der Waals surface area contributed by atoms with Crippen molar-refractivity contribution in [2.75, 3.05) is 0 Å². The second-order valence-electron chi connectivity index (χ2n) is 2.55. The average molecular weight is 293 g/mol. The third kappa shape index (κ3) is 1.45. The van der Waals surface area contributed by atoms with Crippen molar-refractivity contribution in [2.45, 2.75) is 11.2 Å². The maximum atomic E-state index is 11.3. The second kappa shape index (κ2) is 3.66. The molecule has 0 N–H and O–H groups in total. The van der Waals surface area contributed by atoms with Gasteiger partial charge in [0.1, 0.15) is 5.69 Å². The van der Waals surface area contributed by atoms with Gasteiger partial charge in [-0.1, -0.05) is 22.0 Å². The van der Waals surface area contributed by atoms with Crippen LogP contribution in [-0.4, -0.2) is 15.6 Å². The Morgan fingerprint density at radius 1 is 1.58 bits per heavy atom. The lowest BCUT2D eigenvalue weighted by Crippen LogP contribution is -2.07. The van der Waals surface area contributed by atoms with Gasteiger partial charge in [-0.15, -0.1) is 17.0 Å². The molecule has 0 radical (unpaired) electrons. The van der Waals surface area contributed by atoms with E-state index in [-0.39, 0.29) is 27.6 Å². The van der Waals surface area contributed by atoms with Crippen LogP contribution < -0.4 is 0 Å². The van der Waals surface area contributed by atoms with Crippen molar-refractivity contribution in [3.63, 3.8) is 0 Å². The van der Waals surface area contributed by atoms with E-state index in [2.05, 4.69) is 20.9 Å². The van der Waals surface area contributed by atoms with E-state index >= 15 is 0 Å². The van der Waals surface area contributed by atoms with Crippen LogP contribution in [0.3, 0.4) is 0 Å². The number of hydrogen-bond donors (Lipinski definition) is 0. The van der Waals surface area contributed by atoms with Crippen molar-refractivity contribution in [1.82, 2.24) is 4.98 Å². The molecule has 12 heavy (non-hydrogen) atoms. The second-order valence-corrected chi connectivity index (χ2v) is 3.65. The average Bonchev–Trinajstić information content (AvgIpc) is 2.30. The SMILES string of the molecule is Br.O=C1c2ncccc2CC1Br. The summed E-state index contributed by atoms with van der Waals surface area (Å²) in [6, 6.07) is 3.80. The number of pyridine rings is 1. The van der Waals surface area contributed by atoms with Crippen molar-refractivity contribution >= 4 is 38.7 Å². The summed E-state index contributed by atoms with van der Waals surface area (Å²) in [5.74, 6) is 0.112. The molecule has 1 aromatic heterocycles. The Balaban J connectivity index is 0.000000720. The predicted molar refractivity (Wildman–Crippen MR) is 55.3 cm³/mol. The standard InChI is InChI=1S/C8H6BrNO.BrH/c9-6-4-5-2-1-3-10-7(5)8(6)11;/h1-3,6H,4H2;1H. The van der Waals surface area contributed by atoms with E-state index in [0.29, 0.717) is 5.69 Å². The number of alkyl halides is 1. The molecule has 1 aromatic rings. The summed E-state index contributed by atoms with van der Waals surface area (Å²) < 4.78 is 0. The van der Waals surface area contributed by atoms with Crippen LogP contribution in [0, 0.1) is 0 Å². The van der Waals surface area contributed by atoms with Gasteiger partial charge in [-0.2, -0.15) is 0 Å². The molecule has 2 rings (SSSR count). The monoisotopic (exact) mass is 291 g/mol. The van der Waals surface area contributed by atoms with E-state index in [1.54, 1.807) is 6.20 Å². The van der Waals surface area contributed by atoms with Crippen molar-refractivity contribution in [3.05, 3.63) is 29.6 Å². The fourth-order valence-corrected chi connectivity index (χ4v) is 1.82. The van der Waals surface area contributed by atoms with E-state index in [1.807, 2.05) is 12.1 Å². The van der Waals surface area contributed by atoms with Crippen LogP contribution in [0.5, 0.6) is 0 Å². The fraction of sp³-hybridized carbons (Fsp3) is 0.250. The molecule has 4 heteroatoms. The fourth-order valence-electron chi connectivity index (χ4n) is 1.26. The van der Waals surface area contributed by atoms with Crippen molar-refractivity contribution in [3.8, 4) is 0 Å². The first-order chi connectivity index (χ1) is 5.29. The van der Waals surface area contributed by atoms with Gasteiger partial charge in [0.2, 0.25) is 0 Å². The van der Waals surface area contributed by atoms with Crippen molar-refractivity contribution < 1.29 is 4.79 Å². The van der Waals surface area contributed by atoms with Gasteiger partial charge in [0, 0.05) is 6.20 Å². The third-order valence-corrected chi connectivity index (χ3v) is 2.55. The molecule has 0 saturated carbocycles. The topological polar surface area (TPSA) is 30.0 Å². The molecule has 1 aliphatic rings. The minimum Gasteiger partial charge on any atom is -0.291 e. The number of aromatic nitrogens is 1. The molecule has 0 amide bonds. The molecule has 0 spiro atoms. The summed E-state index contributed by atoms with van der Waals surface area (Å²) in [6.07, 6.45) is 2.43. The van der Waals surface area contributed by atoms with Crippen molar-refractivity contribution in [2.24, 2.45) is 0 Å². The maximum Gasteiger partial charge on any atom is 0.195 e. The first-order valence-corrected chi connectivity index (χ1v) is 4.33. The lowest BCUT2D eigenvalue weighted by atomic mass is 10.2. The van der Waals surface area contributed by atoms with Crippen LogP contribution in [0.1, 0.15) is 16.1 Å². The summed E-state index contributed by atoms with van der Waals surface area (Å²) in [5.41, 5.74) is 1.69. The Bertz CT molecular complexity index is 314. The molecule has 0 saturated heterocycles. The van der Waals surface area contributed by atoms with E-state index in [9.17, 15) is 4.79 Å². The normalized spacial score (nSPS) is 20.1. The highest BCUT2D eigenvalue weighted by molar-refractivity contribution is 9.10. The lowest BCUT2D eigenvalue weighted by Gasteiger charge is -1.91. The molecule has 0 aromatic carbocycles. The molecule has 0 bridgehead atoms. The van der Waals surface area contributed by atoms with Crippen molar-refractivity contribution in [1.29, 1.82) is 0 Å². The highest BCUT2D eigenvalue weighted by Gasteiger charge is 2.28. The van der Waals surface area contributed by atoms with Gasteiger partial charge >= 0.3 is 0 Å². The number of Topliss-reactive ketones (excluding diaryl/α,β-unsaturated/α-hetero) is 1. The van der Waals surface area contributed by atoms with E-state index < -0.39 is 0 Å². The van der Waals surface area contributed by atoms with Gasteiger partial charge in [-0.3, -0.25) is 9.78 Å². The molecule has 64 valence electrons. The Labute approximate surface area is 89.3 Å². The smallest absolute Gasteiger partial charge is 0.195 e. The molecule has 0 aliphatic heterocycles. The number of rotatable bonds is 0. The van der Waals surface area contributed by atoms with Gasteiger partial charge in [0.05, 0.1) is 4.83 Å². The molecule has 1 atom stereocenters. The minimum atomic E-state index is -0.0487. The summed E-state index contributed by atoms with van der Waals surface area (Å²) in [4.78, 5) is 15.2. The number of carbonyl (C=O) groups is 1. The molecular weight excluding hydrogens is 286 g/mol. The third-order valence-electron chi connectivity index (χ3n) is 1.81. The zero-order chi connectivity index (χ0) is 7.84. The van der Waals surface area contributed by atoms with Crippen LogP contribution in [0.4, 0.5) is 0 Å². The van der Waals surface area contributed by atoms with Crippen LogP contribution in [0.2, 0.25) is 0 Å². The van der Waals surface area contributed by atoms with Crippen LogP contribution in [0.15, 0.2) is 18.3 Å². The largest absolute Gasteiger partial charge is 0.291 e. The number of carbonyl (C=O) groups excluding carboxylic acids is 1. The molecule has 1 heterocycles. The highest BCUT2D eigenvalue weighted by atomic mass is 79.9. The number of ketones is 1. The first kappa shape index (κ1) is 9.86. The lowest BCUT2D eigenvalue weighted by molar-refractivity contribution is 0.0998. The summed E-state index contributed by atoms with van der Waals surface area (Å²) in [7, 11) is 0. The molecule has 1 unspecified atom stereocenters. The zero-order valence-electron chi connectivity index (χ0n) is 6.16. The van der Waals surface area contributed by atoms with E-state index in [4.69, 9.17) is 0 Å². The Morgan fingerprint density at radius 3 is 3.00 bits per heavy atom. The Hall–Kier alpha value is -0.220. The maximum absolute atomic E-state index is 11.3. The van der Waals surface area contributed by atoms with Crippen LogP contribution in [-0.2, 0) is 6.42 Å². The predicted octanol–water partition coefficient (Wildman–Crippen LogP) is 2.16. The highest BCUT2D eigenvalue weighted by Crippen LogP contribution is 2.24. The van der Waals surface area contributed by atoms with Crippen LogP contribution in [0.25, 0.3) is 0 Å². The zero-order valence-corrected chi connectivity index (χ0v) is 9.46. The minimum absolute atomic E-state index is 0. The number of halogens is 2. The van der Waals surface area contributed by atoms with E-state index in [0.717, 1.165) is 12.0 Å². The number of hydrogen-bond acceptors (Lipinski definition) is 2. The Morgan fingerprint density at radius 2 is 2.33 bits per heavy atom. The summed E-state index contributed by atoms with van der Waals surface area (Å²) >= 11 is 3.29. The number of fused-ring (bicyclic) bond motifs is 1. The van der Waals surface area contributed by atoms with Gasteiger partial charge < -0.3 is 0 Å². The van der Waals surface area contributed by atoms with Gasteiger partial charge in [-0.25, -0.2) is 0 Å². The van der Waals surface area contributed by atoms with E-state index in [1.165, 1.54) is 0 Å².